The molecule has 2 aliphatic heterocycles. The van der Waals surface area contributed by atoms with Crippen LogP contribution in [0.25, 0.3) is 10.9 Å². The Labute approximate surface area is 177 Å². The highest BCUT2D eigenvalue weighted by Crippen LogP contribution is 2.44. The minimum atomic E-state index is -0.243. The van der Waals surface area contributed by atoms with Crippen LogP contribution in [0.15, 0.2) is 40.2 Å². The van der Waals surface area contributed by atoms with Crippen molar-refractivity contribution in [2.45, 2.75) is 4.90 Å². The first-order valence-corrected chi connectivity index (χ1v) is 10.2. The standard InChI is InChI=1S/C21H20N4O4S/c1-27-16-10-13-12(18(28-2)19(16)29-3)9-14(24-13)20(26)23-11-4-5-17-15(8-11)25-7-6-22-21(25)30-17/h4-5,8-10,24H,6-7H2,1-3H3,(H,23,26). The highest BCUT2D eigenvalue weighted by atomic mass is 32.2. The summed E-state index contributed by atoms with van der Waals surface area (Å²) < 4.78 is 16.3. The zero-order valence-corrected chi connectivity index (χ0v) is 17.6. The summed E-state index contributed by atoms with van der Waals surface area (Å²) in [7, 11) is 4.67. The van der Waals surface area contributed by atoms with E-state index in [1.165, 1.54) is 0 Å². The monoisotopic (exact) mass is 424 g/mol. The van der Waals surface area contributed by atoms with Gasteiger partial charge in [-0.05, 0) is 36.0 Å². The van der Waals surface area contributed by atoms with Crippen molar-refractivity contribution in [3.63, 3.8) is 0 Å². The van der Waals surface area contributed by atoms with Gasteiger partial charge in [0, 0.05) is 28.6 Å². The Morgan fingerprint density at radius 3 is 2.73 bits per heavy atom. The summed E-state index contributed by atoms with van der Waals surface area (Å²) in [6.45, 7) is 1.68. The van der Waals surface area contributed by atoms with Crippen LogP contribution in [0, 0.1) is 0 Å². The zero-order chi connectivity index (χ0) is 20.8. The molecule has 0 atom stereocenters. The minimum absolute atomic E-state index is 0.243. The van der Waals surface area contributed by atoms with Crippen LogP contribution in [0.4, 0.5) is 11.4 Å². The molecule has 0 bridgehead atoms. The molecule has 0 saturated carbocycles. The molecule has 0 saturated heterocycles. The smallest absolute Gasteiger partial charge is 0.272 e. The van der Waals surface area contributed by atoms with Crippen LogP contribution in [0.1, 0.15) is 10.5 Å². The fraction of sp³-hybridized carbons (Fsp3) is 0.238. The van der Waals surface area contributed by atoms with E-state index in [1.54, 1.807) is 45.2 Å². The van der Waals surface area contributed by atoms with Crippen molar-refractivity contribution in [3.8, 4) is 17.2 Å². The van der Waals surface area contributed by atoms with Crippen molar-refractivity contribution in [2.75, 3.05) is 44.6 Å². The fourth-order valence-electron chi connectivity index (χ4n) is 3.80. The van der Waals surface area contributed by atoms with Gasteiger partial charge in [-0.15, -0.1) is 0 Å². The summed E-state index contributed by atoms with van der Waals surface area (Å²) in [6, 6.07) is 9.44. The number of anilines is 2. The van der Waals surface area contributed by atoms with Gasteiger partial charge in [-0.2, -0.15) is 0 Å². The molecule has 2 N–H and O–H groups in total. The highest BCUT2D eigenvalue weighted by molar-refractivity contribution is 8.14. The van der Waals surface area contributed by atoms with Crippen molar-refractivity contribution in [1.29, 1.82) is 0 Å². The lowest BCUT2D eigenvalue weighted by Crippen LogP contribution is -2.21. The lowest BCUT2D eigenvalue weighted by Gasteiger charge is -2.13. The van der Waals surface area contributed by atoms with Crippen molar-refractivity contribution >= 4 is 45.1 Å². The molecule has 154 valence electrons. The third-order valence-corrected chi connectivity index (χ3v) is 6.28. The number of aromatic amines is 1. The summed E-state index contributed by atoms with van der Waals surface area (Å²) >= 11 is 1.66. The predicted molar refractivity (Wildman–Crippen MR) is 118 cm³/mol. The number of methoxy groups -OCH3 is 3. The Kier molecular flexibility index (Phi) is 4.47. The summed E-state index contributed by atoms with van der Waals surface area (Å²) in [6.07, 6.45) is 0. The second-order valence-corrected chi connectivity index (χ2v) is 7.85. The maximum Gasteiger partial charge on any atom is 0.272 e. The molecule has 3 aromatic rings. The number of aliphatic imine (C=N–C) groups is 1. The molecule has 30 heavy (non-hydrogen) atoms. The lowest BCUT2D eigenvalue weighted by atomic mass is 10.2. The van der Waals surface area contributed by atoms with E-state index in [4.69, 9.17) is 14.2 Å². The molecule has 0 spiro atoms. The number of nitrogens with zero attached hydrogens (tertiary/aromatic N) is 2. The number of thioether (sulfide) groups is 1. The molecule has 1 amide bonds. The average molecular weight is 424 g/mol. The van der Waals surface area contributed by atoms with Crippen molar-refractivity contribution < 1.29 is 19.0 Å². The summed E-state index contributed by atoms with van der Waals surface area (Å²) in [5.41, 5.74) is 2.95. The van der Waals surface area contributed by atoms with Gasteiger partial charge in [0.1, 0.15) is 5.69 Å². The van der Waals surface area contributed by atoms with Crippen molar-refractivity contribution in [1.82, 2.24) is 4.98 Å². The van der Waals surface area contributed by atoms with Crippen molar-refractivity contribution in [2.24, 2.45) is 4.99 Å². The Morgan fingerprint density at radius 1 is 1.13 bits per heavy atom. The number of aromatic nitrogens is 1. The maximum absolute atomic E-state index is 12.9. The highest BCUT2D eigenvalue weighted by Gasteiger charge is 2.29. The lowest BCUT2D eigenvalue weighted by molar-refractivity contribution is 0.102. The Hall–Kier alpha value is -3.33. The van der Waals surface area contributed by atoms with Gasteiger partial charge in [-0.25, -0.2) is 0 Å². The number of ether oxygens (including phenoxy) is 3. The van der Waals surface area contributed by atoms with Gasteiger partial charge in [0.05, 0.1) is 39.1 Å². The number of carbonyl (C=O) groups excluding carboxylic acids is 1. The maximum atomic E-state index is 12.9. The number of amides is 1. The second kappa shape index (κ2) is 7.17. The van der Waals surface area contributed by atoms with Crippen LogP contribution in [0.2, 0.25) is 0 Å². The van der Waals surface area contributed by atoms with Crippen LogP contribution in [0.3, 0.4) is 0 Å². The number of rotatable bonds is 5. The third-order valence-electron chi connectivity index (χ3n) is 5.18. The van der Waals surface area contributed by atoms with Crippen LogP contribution >= 0.6 is 11.8 Å². The van der Waals surface area contributed by atoms with Gasteiger partial charge in [0.15, 0.2) is 16.7 Å². The zero-order valence-electron chi connectivity index (χ0n) is 16.7. The first kappa shape index (κ1) is 18.7. The average Bonchev–Trinajstić information content (AvgIpc) is 3.46. The van der Waals surface area contributed by atoms with Crippen LogP contribution in [-0.2, 0) is 0 Å². The van der Waals surface area contributed by atoms with Gasteiger partial charge in [-0.3, -0.25) is 9.79 Å². The normalized spacial score (nSPS) is 14.4. The van der Waals surface area contributed by atoms with Gasteiger partial charge >= 0.3 is 0 Å². The van der Waals surface area contributed by atoms with Gasteiger partial charge in [0.2, 0.25) is 5.75 Å². The molecule has 0 radical (unpaired) electrons. The summed E-state index contributed by atoms with van der Waals surface area (Å²) in [4.78, 5) is 23.9. The van der Waals surface area contributed by atoms with E-state index in [1.807, 2.05) is 18.2 Å². The molecule has 9 heteroatoms. The summed E-state index contributed by atoms with van der Waals surface area (Å²) in [5.74, 6) is 1.28. The number of benzene rings is 2. The number of nitrogens with one attached hydrogen (secondary N) is 2. The van der Waals surface area contributed by atoms with Crippen molar-refractivity contribution in [3.05, 3.63) is 36.0 Å². The number of H-pyrrole nitrogens is 1. The first-order valence-electron chi connectivity index (χ1n) is 9.40. The summed E-state index contributed by atoms with van der Waals surface area (Å²) in [5, 5.41) is 4.74. The molecule has 0 unspecified atom stereocenters. The topological polar surface area (TPSA) is 88.2 Å². The molecule has 0 aliphatic carbocycles. The molecule has 1 aromatic heterocycles. The van der Waals surface area contributed by atoms with E-state index in [2.05, 4.69) is 20.2 Å². The molecule has 2 aliphatic rings. The second-order valence-electron chi connectivity index (χ2n) is 6.84. The van der Waals surface area contributed by atoms with Crippen LogP contribution in [-0.4, -0.2) is 50.5 Å². The number of amidine groups is 1. The van der Waals surface area contributed by atoms with Gasteiger partial charge in [0.25, 0.3) is 5.91 Å². The van der Waals surface area contributed by atoms with Gasteiger partial charge in [-0.1, -0.05) is 0 Å². The number of carbonyl (C=O) groups is 1. The molecule has 2 aromatic carbocycles. The predicted octanol–water partition coefficient (Wildman–Crippen LogP) is 3.73. The SMILES string of the molecule is COc1cc2[nH]c(C(=O)Nc3ccc4c(c3)N3CCN=C3S4)cc2c(OC)c1OC. The largest absolute Gasteiger partial charge is 0.493 e. The Bertz CT molecular complexity index is 1200. The quantitative estimate of drug-likeness (QED) is 0.649. The van der Waals surface area contributed by atoms with E-state index < -0.39 is 0 Å². The molecular formula is C21H20N4O4S. The Balaban J connectivity index is 1.46. The minimum Gasteiger partial charge on any atom is -0.493 e. The Morgan fingerprint density at radius 2 is 1.97 bits per heavy atom. The van der Waals surface area contributed by atoms with E-state index >= 15 is 0 Å². The third kappa shape index (κ3) is 2.85. The van der Waals surface area contributed by atoms with E-state index in [-0.39, 0.29) is 5.91 Å². The first-order chi connectivity index (χ1) is 14.6. The molecule has 3 heterocycles. The number of hydrogen-bond donors (Lipinski definition) is 2. The number of hydrogen-bond acceptors (Lipinski definition) is 7. The van der Waals surface area contributed by atoms with E-state index in [0.29, 0.717) is 22.9 Å². The molecule has 0 fully saturated rings. The molecular weight excluding hydrogens is 404 g/mol. The van der Waals surface area contributed by atoms with Crippen LogP contribution < -0.4 is 24.4 Å². The van der Waals surface area contributed by atoms with E-state index in [0.717, 1.165) is 45.4 Å². The van der Waals surface area contributed by atoms with E-state index in [9.17, 15) is 4.79 Å². The molecule has 5 rings (SSSR count). The fourth-order valence-corrected chi connectivity index (χ4v) is 4.86. The van der Waals surface area contributed by atoms with Crippen LogP contribution in [0.5, 0.6) is 17.2 Å². The van der Waals surface area contributed by atoms with Gasteiger partial charge < -0.3 is 29.4 Å². The number of fused-ring (bicyclic) bond motifs is 4. The molecule has 8 nitrogen and oxygen atoms in total.